The van der Waals surface area contributed by atoms with Crippen LogP contribution < -0.4 is 20.1 Å². The monoisotopic (exact) mass is 394 g/mol. The molecule has 2 aromatic carbocycles. The van der Waals surface area contributed by atoms with E-state index in [1.165, 1.54) is 0 Å². The van der Waals surface area contributed by atoms with Gasteiger partial charge in [-0.3, -0.25) is 9.59 Å². The van der Waals surface area contributed by atoms with Crippen molar-refractivity contribution in [1.82, 2.24) is 0 Å². The van der Waals surface area contributed by atoms with E-state index in [9.17, 15) is 9.59 Å². The summed E-state index contributed by atoms with van der Waals surface area (Å²) in [4.78, 5) is 24.9. The van der Waals surface area contributed by atoms with Crippen LogP contribution in [0.4, 0.5) is 11.4 Å². The van der Waals surface area contributed by atoms with Crippen molar-refractivity contribution in [2.75, 3.05) is 17.2 Å². The third kappa shape index (κ3) is 4.21. The summed E-state index contributed by atoms with van der Waals surface area (Å²) in [6, 6.07) is 11.6. The molecule has 2 aliphatic rings. The zero-order valence-corrected chi connectivity index (χ0v) is 16.8. The first-order valence-corrected chi connectivity index (χ1v) is 10.2. The predicted molar refractivity (Wildman–Crippen MR) is 112 cm³/mol. The minimum Gasteiger partial charge on any atom is -0.492 e. The number of amides is 2. The molecule has 0 bridgehead atoms. The lowest BCUT2D eigenvalue weighted by Gasteiger charge is -2.24. The molecule has 2 aliphatic heterocycles. The van der Waals surface area contributed by atoms with Gasteiger partial charge in [-0.15, -0.1) is 0 Å². The molecule has 0 aliphatic carbocycles. The molecule has 152 valence electrons. The van der Waals surface area contributed by atoms with Crippen LogP contribution in [0, 0.1) is 5.92 Å². The van der Waals surface area contributed by atoms with Crippen LogP contribution in [0.25, 0.3) is 0 Å². The largest absolute Gasteiger partial charge is 0.492 e. The number of anilines is 2. The molecule has 2 amide bonds. The van der Waals surface area contributed by atoms with Crippen molar-refractivity contribution >= 4 is 23.2 Å². The fraction of sp³-hybridized carbons (Fsp3) is 0.391. The minimum atomic E-state index is -0.203. The van der Waals surface area contributed by atoms with Crippen LogP contribution in [0.15, 0.2) is 36.4 Å². The van der Waals surface area contributed by atoms with E-state index < -0.39 is 0 Å². The quantitative estimate of drug-likeness (QED) is 0.778. The van der Waals surface area contributed by atoms with Crippen molar-refractivity contribution in [2.24, 2.45) is 5.92 Å². The lowest BCUT2D eigenvalue weighted by molar-refractivity contribution is -0.121. The molecular formula is C23H26N2O4. The van der Waals surface area contributed by atoms with E-state index in [1.807, 2.05) is 50.2 Å². The molecule has 2 atom stereocenters. The first-order valence-electron chi connectivity index (χ1n) is 10.2. The zero-order chi connectivity index (χ0) is 20.4. The summed E-state index contributed by atoms with van der Waals surface area (Å²) in [5.41, 5.74) is 3.69. The summed E-state index contributed by atoms with van der Waals surface area (Å²) in [6.45, 7) is 4.45. The van der Waals surface area contributed by atoms with Crippen molar-refractivity contribution in [1.29, 1.82) is 0 Å². The van der Waals surface area contributed by atoms with Crippen LogP contribution in [0.3, 0.4) is 0 Å². The predicted octanol–water partition coefficient (Wildman–Crippen LogP) is 3.94. The van der Waals surface area contributed by atoms with Gasteiger partial charge < -0.3 is 20.1 Å². The number of carbonyl (C=O) groups is 2. The lowest BCUT2D eigenvalue weighted by atomic mass is 9.89. The SMILES string of the molecule is CCOc1cc2c(cc1NC(=O)CCC1Cc3ccccc3NC1=O)OC(C)C2. The molecular weight excluding hydrogens is 368 g/mol. The second kappa shape index (κ2) is 8.15. The van der Waals surface area contributed by atoms with E-state index in [4.69, 9.17) is 9.47 Å². The van der Waals surface area contributed by atoms with Crippen molar-refractivity contribution in [3.8, 4) is 11.5 Å². The van der Waals surface area contributed by atoms with Gasteiger partial charge in [0.25, 0.3) is 0 Å². The number of carbonyl (C=O) groups excluding carboxylic acids is 2. The van der Waals surface area contributed by atoms with E-state index in [2.05, 4.69) is 10.6 Å². The highest BCUT2D eigenvalue weighted by atomic mass is 16.5. The van der Waals surface area contributed by atoms with Gasteiger partial charge in [-0.2, -0.15) is 0 Å². The Morgan fingerprint density at radius 3 is 2.90 bits per heavy atom. The molecule has 0 spiro atoms. The van der Waals surface area contributed by atoms with Crippen molar-refractivity contribution in [2.45, 2.75) is 45.6 Å². The summed E-state index contributed by atoms with van der Waals surface area (Å²) in [7, 11) is 0. The Balaban J connectivity index is 1.40. The third-order valence-corrected chi connectivity index (χ3v) is 5.40. The number of nitrogens with one attached hydrogen (secondary N) is 2. The van der Waals surface area contributed by atoms with Crippen molar-refractivity contribution in [3.05, 3.63) is 47.5 Å². The fourth-order valence-corrected chi connectivity index (χ4v) is 3.98. The van der Waals surface area contributed by atoms with Gasteiger partial charge >= 0.3 is 0 Å². The summed E-state index contributed by atoms with van der Waals surface area (Å²) >= 11 is 0. The number of hydrogen-bond acceptors (Lipinski definition) is 4. The van der Waals surface area contributed by atoms with Gasteiger partial charge in [-0.25, -0.2) is 0 Å². The van der Waals surface area contributed by atoms with E-state index >= 15 is 0 Å². The highest BCUT2D eigenvalue weighted by Gasteiger charge is 2.27. The molecule has 0 aromatic heterocycles. The van der Waals surface area contributed by atoms with Gasteiger partial charge in [0.1, 0.15) is 17.6 Å². The summed E-state index contributed by atoms with van der Waals surface area (Å²) < 4.78 is 11.5. The van der Waals surface area contributed by atoms with Crippen LogP contribution >= 0.6 is 0 Å². The van der Waals surface area contributed by atoms with Crippen molar-refractivity contribution < 1.29 is 19.1 Å². The minimum absolute atomic E-state index is 0.0218. The van der Waals surface area contributed by atoms with Crippen molar-refractivity contribution in [3.63, 3.8) is 0 Å². The van der Waals surface area contributed by atoms with E-state index in [-0.39, 0.29) is 30.3 Å². The van der Waals surface area contributed by atoms with Gasteiger partial charge in [0, 0.05) is 36.1 Å². The van der Waals surface area contributed by atoms with Crippen LogP contribution in [-0.4, -0.2) is 24.5 Å². The van der Waals surface area contributed by atoms with Gasteiger partial charge in [0.05, 0.1) is 12.3 Å². The van der Waals surface area contributed by atoms with Gasteiger partial charge in [-0.1, -0.05) is 18.2 Å². The Hall–Kier alpha value is -3.02. The molecule has 2 N–H and O–H groups in total. The van der Waals surface area contributed by atoms with Crippen LogP contribution in [0.5, 0.6) is 11.5 Å². The van der Waals surface area contributed by atoms with Crippen LogP contribution in [-0.2, 0) is 22.4 Å². The summed E-state index contributed by atoms with van der Waals surface area (Å²) in [5.74, 6) is 1.09. The van der Waals surface area contributed by atoms with Gasteiger partial charge in [0.2, 0.25) is 11.8 Å². The number of benzene rings is 2. The Kier molecular flexibility index (Phi) is 5.43. The number of rotatable bonds is 6. The van der Waals surface area contributed by atoms with Gasteiger partial charge in [-0.05, 0) is 44.4 Å². The number of fused-ring (bicyclic) bond motifs is 2. The average Bonchev–Trinajstić information content (AvgIpc) is 3.05. The standard InChI is InChI=1S/C23H26N2O4/c1-3-28-21-12-17-10-14(2)29-20(17)13-19(21)24-22(26)9-8-16-11-15-6-4-5-7-18(15)25-23(16)27/h4-7,12-14,16H,3,8-11H2,1-2H3,(H,24,26)(H,25,27). The average molecular weight is 394 g/mol. The highest BCUT2D eigenvalue weighted by molar-refractivity contribution is 5.97. The normalized spacial score (nSPS) is 19.6. The number of ether oxygens (including phenoxy) is 2. The third-order valence-electron chi connectivity index (χ3n) is 5.40. The fourth-order valence-electron chi connectivity index (χ4n) is 3.98. The maximum atomic E-state index is 12.6. The van der Waals surface area contributed by atoms with E-state index in [1.54, 1.807) is 0 Å². The Morgan fingerprint density at radius 1 is 1.24 bits per heavy atom. The van der Waals surface area contributed by atoms with Gasteiger partial charge in [0.15, 0.2) is 0 Å². The Bertz CT molecular complexity index is 940. The molecule has 2 unspecified atom stereocenters. The smallest absolute Gasteiger partial charge is 0.227 e. The maximum absolute atomic E-state index is 12.6. The molecule has 0 saturated heterocycles. The summed E-state index contributed by atoms with van der Waals surface area (Å²) in [5, 5.41) is 5.87. The molecule has 29 heavy (non-hydrogen) atoms. The first-order chi connectivity index (χ1) is 14.0. The molecule has 2 heterocycles. The Labute approximate surface area is 170 Å². The highest BCUT2D eigenvalue weighted by Crippen LogP contribution is 2.38. The molecule has 0 fully saturated rings. The molecule has 6 heteroatoms. The maximum Gasteiger partial charge on any atom is 0.227 e. The molecule has 0 saturated carbocycles. The molecule has 6 nitrogen and oxygen atoms in total. The second-order valence-electron chi connectivity index (χ2n) is 7.66. The topological polar surface area (TPSA) is 76.7 Å². The van der Waals surface area contributed by atoms with E-state index in [0.29, 0.717) is 30.9 Å². The summed E-state index contributed by atoms with van der Waals surface area (Å²) in [6.07, 6.45) is 2.37. The molecule has 2 aromatic rings. The number of para-hydroxylation sites is 1. The van der Waals surface area contributed by atoms with Crippen LogP contribution in [0.2, 0.25) is 0 Å². The Morgan fingerprint density at radius 2 is 2.07 bits per heavy atom. The second-order valence-corrected chi connectivity index (χ2v) is 7.66. The zero-order valence-electron chi connectivity index (χ0n) is 16.8. The molecule has 4 rings (SSSR count). The molecule has 0 radical (unpaired) electrons. The number of hydrogen-bond donors (Lipinski definition) is 2. The van der Waals surface area contributed by atoms with Crippen LogP contribution in [0.1, 0.15) is 37.8 Å². The van der Waals surface area contributed by atoms with E-state index in [0.717, 1.165) is 29.0 Å². The lowest BCUT2D eigenvalue weighted by Crippen LogP contribution is -2.30. The first kappa shape index (κ1) is 19.3.